The van der Waals surface area contributed by atoms with Crippen LogP contribution in [0.15, 0.2) is 52.9 Å². The van der Waals surface area contributed by atoms with E-state index in [4.69, 9.17) is 0 Å². The van der Waals surface area contributed by atoms with E-state index in [0.29, 0.717) is 10.7 Å². The number of nitrogens with one attached hydrogen (secondary N) is 1. The fourth-order valence-corrected chi connectivity index (χ4v) is 3.94. The summed E-state index contributed by atoms with van der Waals surface area (Å²) in [6.07, 6.45) is 1.67. The van der Waals surface area contributed by atoms with Crippen molar-refractivity contribution in [3.05, 3.63) is 64.4 Å². The normalized spacial score (nSPS) is 11.6. The van der Waals surface area contributed by atoms with Crippen LogP contribution in [0.4, 0.5) is 4.39 Å². The van der Waals surface area contributed by atoms with E-state index in [1.54, 1.807) is 6.20 Å². The molecule has 2 heterocycles. The number of hydrogen-bond donors (Lipinski definition) is 1. The average molecular weight is 363 g/mol. The van der Waals surface area contributed by atoms with Crippen LogP contribution in [-0.4, -0.2) is 18.4 Å². The molecule has 0 fully saturated rings. The lowest BCUT2D eigenvalue weighted by Crippen LogP contribution is -2.23. The molecule has 0 saturated carbocycles. The van der Waals surface area contributed by atoms with E-state index < -0.39 is 15.8 Å². The molecule has 1 N–H and O–H groups in total. The second kappa shape index (κ2) is 6.76. The molecule has 0 bridgehead atoms. The summed E-state index contributed by atoms with van der Waals surface area (Å²) in [6.45, 7) is 1.59. The minimum Gasteiger partial charge on any atom is -0.255 e. The standard InChI is InChI=1S/C16H14FN3O2S2/c1-11-8-12(5-6-13(11)17)24(21,22)19-9-16-20-15(10-23-16)14-4-2-3-7-18-14/h2-8,10,19H,9H2,1H3. The highest BCUT2D eigenvalue weighted by Crippen LogP contribution is 2.20. The molecule has 0 unspecified atom stereocenters. The summed E-state index contributed by atoms with van der Waals surface area (Å²) in [6, 6.07) is 9.21. The maximum Gasteiger partial charge on any atom is 0.240 e. The van der Waals surface area contributed by atoms with E-state index in [2.05, 4.69) is 14.7 Å². The van der Waals surface area contributed by atoms with Crippen LogP contribution >= 0.6 is 11.3 Å². The van der Waals surface area contributed by atoms with Crippen molar-refractivity contribution in [1.82, 2.24) is 14.7 Å². The molecule has 24 heavy (non-hydrogen) atoms. The van der Waals surface area contributed by atoms with Crippen molar-refractivity contribution in [3.8, 4) is 11.4 Å². The molecule has 2 aromatic heterocycles. The zero-order valence-electron chi connectivity index (χ0n) is 12.7. The second-order valence-electron chi connectivity index (χ2n) is 5.08. The van der Waals surface area contributed by atoms with Gasteiger partial charge in [-0.1, -0.05) is 6.07 Å². The summed E-state index contributed by atoms with van der Waals surface area (Å²) in [5, 5.41) is 2.45. The Kier molecular flexibility index (Phi) is 4.70. The first kappa shape index (κ1) is 16.7. The zero-order valence-corrected chi connectivity index (χ0v) is 14.4. The van der Waals surface area contributed by atoms with Gasteiger partial charge in [-0.3, -0.25) is 4.98 Å². The van der Waals surface area contributed by atoms with Crippen molar-refractivity contribution in [2.45, 2.75) is 18.4 Å². The van der Waals surface area contributed by atoms with Crippen molar-refractivity contribution >= 4 is 21.4 Å². The van der Waals surface area contributed by atoms with Crippen LogP contribution in [0.3, 0.4) is 0 Å². The van der Waals surface area contributed by atoms with Crippen LogP contribution in [0.1, 0.15) is 10.6 Å². The Balaban J connectivity index is 1.73. The molecule has 0 amide bonds. The summed E-state index contributed by atoms with van der Waals surface area (Å²) >= 11 is 1.35. The Bertz CT molecular complexity index is 956. The summed E-state index contributed by atoms with van der Waals surface area (Å²) in [5.41, 5.74) is 1.72. The molecule has 124 valence electrons. The fraction of sp³-hybridized carbons (Fsp3) is 0.125. The van der Waals surface area contributed by atoms with Crippen LogP contribution in [0, 0.1) is 12.7 Å². The molecule has 3 aromatic rings. The summed E-state index contributed by atoms with van der Waals surface area (Å²) in [7, 11) is -3.72. The number of aryl methyl sites for hydroxylation is 1. The van der Waals surface area contributed by atoms with Gasteiger partial charge < -0.3 is 0 Å². The molecule has 0 radical (unpaired) electrons. The highest BCUT2D eigenvalue weighted by Gasteiger charge is 2.16. The predicted molar refractivity (Wildman–Crippen MR) is 90.5 cm³/mol. The van der Waals surface area contributed by atoms with Crippen molar-refractivity contribution in [3.63, 3.8) is 0 Å². The first-order valence-corrected chi connectivity index (χ1v) is 9.43. The minimum atomic E-state index is -3.72. The number of benzene rings is 1. The van der Waals surface area contributed by atoms with Gasteiger partial charge in [0.2, 0.25) is 10.0 Å². The number of nitrogens with zero attached hydrogens (tertiary/aromatic N) is 2. The molecule has 1 aromatic carbocycles. The summed E-state index contributed by atoms with van der Waals surface area (Å²) < 4.78 is 40.3. The topological polar surface area (TPSA) is 72.0 Å². The van der Waals surface area contributed by atoms with Gasteiger partial charge in [0.25, 0.3) is 0 Å². The van der Waals surface area contributed by atoms with Gasteiger partial charge in [0, 0.05) is 11.6 Å². The number of hydrogen-bond acceptors (Lipinski definition) is 5. The maximum absolute atomic E-state index is 13.3. The van der Waals surface area contributed by atoms with E-state index >= 15 is 0 Å². The van der Waals surface area contributed by atoms with Crippen molar-refractivity contribution in [1.29, 1.82) is 0 Å². The van der Waals surface area contributed by atoms with Crippen molar-refractivity contribution < 1.29 is 12.8 Å². The van der Waals surface area contributed by atoms with Crippen LogP contribution in [0.25, 0.3) is 11.4 Å². The highest BCUT2D eigenvalue weighted by molar-refractivity contribution is 7.89. The molecule has 0 saturated heterocycles. The molecule has 3 rings (SSSR count). The first-order valence-electron chi connectivity index (χ1n) is 7.07. The Morgan fingerprint density at radius 1 is 1.21 bits per heavy atom. The van der Waals surface area contributed by atoms with E-state index in [1.807, 2.05) is 23.6 Å². The lowest BCUT2D eigenvalue weighted by molar-refractivity contribution is 0.579. The number of halogens is 1. The number of thiazole rings is 1. The van der Waals surface area contributed by atoms with Crippen molar-refractivity contribution in [2.24, 2.45) is 0 Å². The summed E-state index contributed by atoms with van der Waals surface area (Å²) in [4.78, 5) is 8.62. The van der Waals surface area contributed by atoms with E-state index in [0.717, 1.165) is 11.8 Å². The largest absolute Gasteiger partial charge is 0.255 e. The van der Waals surface area contributed by atoms with Gasteiger partial charge in [-0.2, -0.15) is 0 Å². The van der Waals surface area contributed by atoms with Crippen LogP contribution in [0.5, 0.6) is 0 Å². The van der Waals surface area contributed by atoms with Crippen LogP contribution in [-0.2, 0) is 16.6 Å². The number of pyridine rings is 1. The highest BCUT2D eigenvalue weighted by atomic mass is 32.2. The van der Waals surface area contributed by atoms with Gasteiger partial charge in [-0.05, 0) is 42.8 Å². The van der Waals surface area contributed by atoms with E-state index in [9.17, 15) is 12.8 Å². The second-order valence-corrected chi connectivity index (χ2v) is 7.79. The van der Waals surface area contributed by atoms with Gasteiger partial charge >= 0.3 is 0 Å². The number of aromatic nitrogens is 2. The van der Waals surface area contributed by atoms with Gasteiger partial charge in [0.15, 0.2) is 0 Å². The third-order valence-electron chi connectivity index (χ3n) is 3.33. The molecular formula is C16H14FN3O2S2. The smallest absolute Gasteiger partial charge is 0.240 e. The SMILES string of the molecule is Cc1cc(S(=O)(=O)NCc2nc(-c3ccccn3)cs2)ccc1F. The third-order valence-corrected chi connectivity index (χ3v) is 5.58. The van der Waals surface area contributed by atoms with Crippen LogP contribution < -0.4 is 4.72 Å². The monoisotopic (exact) mass is 363 g/mol. The van der Waals surface area contributed by atoms with Gasteiger partial charge in [-0.25, -0.2) is 22.5 Å². The van der Waals surface area contributed by atoms with Crippen molar-refractivity contribution in [2.75, 3.05) is 0 Å². The van der Waals surface area contributed by atoms with E-state index in [1.165, 1.54) is 30.4 Å². The first-order chi connectivity index (χ1) is 11.5. The third kappa shape index (κ3) is 3.66. The number of sulfonamides is 1. The molecule has 0 aliphatic carbocycles. The quantitative estimate of drug-likeness (QED) is 0.756. The van der Waals surface area contributed by atoms with E-state index in [-0.39, 0.29) is 17.0 Å². The molecule has 0 spiro atoms. The Hall–Kier alpha value is -2.16. The molecule has 0 aliphatic heterocycles. The molecule has 0 atom stereocenters. The molecule has 8 heteroatoms. The lowest BCUT2D eigenvalue weighted by Gasteiger charge is -2.06. The van der Waals surface area contributed by atoms with Gasteiger partial charge in [0.05, 0.1) is 22.8 Å². The van der Waals surface area contributed by atoms with Gasteiger partial charge in [-0.15, -0.1) is 11.3 Å². The predicted octanol–water partition coefficient (Wildman–Crippen LogP) is 3.13. The summed E-state index contributed by atoms with van der Waals surface area (Å²) in [5.74, 6) is -0.436. The average Bonchev–Trinajstić information content (AvgIpc) is 3.05. The Morgan fingerprint density at radius 2 is 2.04 bits per heavy atom. The Labute approximate surface area is 143 Å². The van der Waals surface area contributed by atoms with Gasteiger partial charge in [0.1, 0.15) is 10.8 Å². The maximum atomic E-state index is 13.3. The zero-order chi connectivity index (χ0) is 17.2. The van der Waals surface area contributed by atoms with Crippen LogP contribution in [0.2, 0.25) is 0 Å². The lowest BCUT2D eigenvalue weighted by atomic mass is 10.2. The Morgan fingerprint density at radius 3 is 2.75 bits per heavy atom. The molecular weight excluding hydrogens is 349 g/mol. The number of rotatable bonds is 5. The molecule has 0 aliphatic rings. The minimum absolute atomic E-state index is 0.0305. The fourth-order valence-electron chi connectivity index (χ4n) is 2.05. The molecule has 5 nitrogen and oxygen atoms in total.